The van der Waals surface area contributed by atoms with E-state index in [0.29, 0.717) is 23.2 Å². The number of nitrogens with zero attached hydrogens (tertiary/aromatic N) is 1. The molecule has 4 atom stereocenters. The first kappa shape index (κ1) is 22.3. The predicted octanol–water partition coefficient (Wildman–Crippen LogP) is 2.30. The summed E-state index contributed by atoms with van der Waals surface area (Å²) in [7, 11) is 0. The van der Waals surface area contributed by atoms with Crippen LogP contribution in [-0.4, -0.2) is 45.4 Å². The summed E-state index contributed by atoms with van der Waals surface area (Å²) in [6.45, 7) is 0.237. The second kappa shape index (κ2) is 8.20. The lowest BCUT2D eigenvalue weighted by Gasteiger charge is -2.29. The molecule has 3 aliphatic rings. The van der Waals surface area contributed by atoms with Crippen molar-refractivity contribution < 1.29 is 24.6 Å². The van der Waals surface area contributed by atoms with Crippen LogP contribution in [0.15, 0.2) is 72.8 Å². The van der Waals surface area contributed by atoms with Gasteiger partial charge >= 0.3 is 0 Å². The summed E-state index contributed by atoms with van der Waals surface area (Å²) in [4.78, 5) is 42.4. The van der Waals surface area contributed by atoms with Gasteiger partial charge in [0.05, 0.1) is 11.8 Å². The van der Waals surface area contributed by atoms with E-state index in [2.05, 4.69) is 10.6 Å². The molecule has 3 aromatic carbocycles. The second-order valence-electron chi connectivity index (χ2n) is 9.65. The first-order valence-electron chi connectivity index (χ1n) is 12.0. The second-order valence-corrected chi connectivity index (χ2v) is 9.65. The van der Waals surface area contributed by atoms with E-state index in [0.717, 1.165) is 5.56 Å². The molecule has 1 spiro atoms. The molecule has 36 heavy (non-hydrogen) atoms. The molecule has 0 bridgehead atoms. The third-order valence-electron chi connectivity index (χ3n) is 7.68. The monoisotopic (exact) mass is 483 g/mol. The van der Waals surface area contributed by atoms with Crippen molar-refractivity contribution in [1.29, 1.82) is 0 Å². The van der Waals surface area contributed by atoms with Crippen LogP contribution >= 0.6 is 0 Å². The van der Waals surface area contributed by atoms with Gasteiger partial charge in [0, 0.05) is 23.8 Å². The SMILES string of the molecule is O=C1[C@@H]2[C@@H](C(=O)N1CCc1ccccc1)[C@@]1(N[C@@H]2Cc2ccc(O)c(O)c2)C(=O)Nc2ccccc21. The number of phenolic OH excluding ortho intramolecular Hbond substituents is 2. The minimum absolute atomic E-state index is 0.237. The molecular formula is C28H25N3O5. The third kappa shape index (κ3) is 3.21. The fraction of sp³-hybridized carbons (Fsp3) is 0.250. The maximum Gasteiger partial charge on any atom is 0.250 e. The standard InChI is InChI=1S/C28H25N3O5/c32-21-11-10-17(15-22(21)33)14-20-23-24(28(30-20)18-8-4-5-9-19(18)29-27(28)36)26(35)31(25(23)34)13-12-16-6-2-1-3-7-16/h1-11,15,20,23-24,30,32-33H,12-14H2,(H,29,36)/t20-,23+,24+,28-/m1/s1. The van der Waals surface area contributed by atoms with Crippen LogP contribution in [0.1, 0.15) is 16.7 Å². The zero-order chi connectivity index (χ0) is 25.0. The molecule has 8 heteroatoms. The van der Waals surface area contributed by atoms with Gasteiger partial charge in [0.2, 0.25) is 17.7 Å². The van der Waals surface area contributed by atoms with Crippen molar-refractivity contribution in [2.24, 2.45) is 11.8 Å². The van der Waals surface area contributed by atoms with Crippen LogP contribution in [0.5, 0.6) is 11.5 Å². The average molecular weight is 484 g/mol. The molecule has 3 amide bonds. The van der Waals surface area contributed by atoms with Gasteiger partial charge in [-0.15, -0.1) is 0 Å². The van der Waals surface area contributed by atoms with Crippen molar-refractivity contribution in [1.82, 2.24) is 10.2 Å². The molecular weight excluding hydrogens is 458 g/mol. The summed E-state index contributed by atoms with van der Waals surface area (Å²) >= 11 is 0. The van der Waals surface area contributed by atoms with Gasteiger partial charge in [-0.2, -0.15) is 0 Å². The Morgan fingerprint density at radius 2 is 1.58 bits per heavy atom. The van der Waals surface area contributed by atoms with Gasteiger partial charge in [-0.1, -0.05) is 54.6 Å². The van der Waals surface area contributed by atoms with E-state index in [1.54, 1.807) is 12.1 Å². The van der Waals surface area contributed by atoms with Crippen LogP contribution in [0.25, 0.3) is 0 Å². The minimum Gasteiger partial charge on any atom is -0.504 e. The van der Waals surface area contributed by atoms with Crippen LogP contribution in [0, 0.1) is 11.8 Å². The Bertz CT molecular complexity index is 1390. The van der Waals surface area contributed by atoms with Gasteiger partial charge in [0.25, 0.3) is 0 Å². The number of para-hydroxylation sites is 1. The van der Waals surface area contributed by atoms with E-state index < -0.39 is 23.4 Å². The summed E-state index contributed by atoms with van der Waals surface area (Å²) < 4.78 is 0. The molecule has 3 aliphatic heterocycles. The Balaban J connectivity index is 1.39. The molecule has 3 aromatic rings. The number of amides is 3. The molecule has 2 fully saturated rings. The first-order chi connectivity index (χ1) is 17.4. The number of hydrogen-bond acceptors (Lipinski definition) is 6. The summed E-state index contributed by atoms with van der Waals surface area (Å²) in [6.07, 6.45) is 0.815. The molecule has 4 N–H and O–H groups in total. The molecule has 6 rings (SSSR count). The highest BCUT2D eigenvalue weighted by molar-refractivity contribution is 6.15. The maximum absolute atomic E-state index is 13.8. The fourth-order valence-corrected chi connectivity index (χ4v) is 6.05. The number of imide groups is 1. The van der Waals surface area contributed by atoms with Crippen molar-refractivity contribution in [3.05, 3.63) is 89.5 Å². The van der Waals surface area contributed by atoms with Gasteiger partial charge < -0.3 is 15.5 Å². The molecule has 0 saturated carbocycles. The molecule has 0 aliphatic carbocycles. The maximum atomic E-state index is 13.8. The number of carbonyl (C=O) groups is 3. The van der Waals surface area contributed by atoms with Crippen molar-refractivity contribution in [2.45, 2.75) is 24.4 Å². The lowest BCUT2D eigenvalue weighted by molar-refractivity contribution is -0.142. The van der Waals surface area contributed by atoms with Gasteiger partial charge in [-0.05, 0) is 42.2 Å². The molecule has 0 unspecified atom stereocenters. The van der Waals surface area contributed by atoms with Crippen molar-refractivity contribution in [2.75, 3.05) is 11.9 Å². The molecule has 3 heterocycles. The van der Waals surface area contributed by atoms with Crippen molar-refractivity contribution in [3.8, 4) is 11.5 Å². The number of rotatable bonds is 5. The normalized spacial score (nSPS) is 26.4. The molecule has 0 radical (unpaired) electrons. The Morgan fingerprint density at radius 1 is 0.833 bits per heavy atom. The molecule has 0 aromatic heterocycles. The van der Waals surface area contributed by atoms with Crippen LogP contribution in [0.4, 0.5) is 5.69 Å². The first-order valence-corrected chi connectivity index (χ1v) is 12.0. The minimum atomic E-state index is -1.36. The van der Waals surface area contributed by atoms with Crippen LogP contribution in [0.3, 0.4) is 0 Å². The van der Waals surface area contributed by atoms with Crippen molar-refractivity contribution >= 4 is 23.4 Å². The third-order valence-corrected chi connectivity index (χ3v) is 7.68. The van der Waals surface area contributed by atoms with Gasteiger partial charge in [0.15, 0.2) is 11.5 Å². The number of hydrogen-bond donors (Lipinski definition) is 4. The number of phenols is 2. The number of benzene rings is 3. The summed E-state index contributed by atoms with van der Waals surface area (Å²) in [5.41, 5.74) is 1.61. The van der Waals surface area contributed by atoms with Crippen LogP contribution in [0.2, 0.25) is 0 Å². The number of likely N-dealkylation sites (tertiary alicyclic amines) is 1. The molecule has 2 saturated heterocycles. The number of fused-ring (bicyclic) bond motifs is 4. The van der Waals surface area contributed by atoms with Crippen LogP contribution in [-0.2, 0) is 32.8 Å². The Labute approximate surface area is 207 Å². The highest BCUT2D eigenvalue weighted by Crippen LogP contribution is 2.53. The molecule has 182 valence electrons. The Hall–Kier alpha value is -4.17. The lowest BCUT2D eigenvalue weighted by atomic mass is 9.76. The Morgan fingerprint density at radius 3 is 2.36 bits per heavy atom. The van der Waals surface area contributed by atoms with Gasteiger partial charge in [0.1, 0.15) is 5.54 Å². The number of nitrogens with one attached hydrogen (secondary N) is 2. The highest BCUT2D eigenvalue weighted by Gasteiger charge is 2.70. The average Bonchev–Trinajstić information content (AvgIpc) is 3.45. The number of carbonyl (C=O) groups excluding carboxylic acids is 3. The zero-order valence-electron chi connectivity index (χ0n) is 19.3. The summed E-state index contributed by atoms with van der Waals surface area (Å²) in [5.74, 6) is -3.14. The van der Waals surface area contributed by atoms with E-state index in [1.807, 2.05) is 48.5 Å². The van der Waals surface area contributed by atoms with Crippen LogP contribution < -0.4 is 10.6 Å². The topological polar surface area (TPSA) is 119 Å². The Kier molecular flexibility index (Phi) is 5.08. The smallest absolute Gasteiger partial charge is 0.250 e. The summed E-state index contributed by atoms with van der Waals surface area (Å²) in [6, 6.07) is 20.8. The zero-order valence-corrected chi connectivity index (χ0v) is 19.3. The van der Waals surface area contributed by atoms with Gasteiger partial charge in [-0.25, -0.2) is 0 Å². The van der Waals surface area contributed by atoms with E-state index >= 15 is 0 Å². The van der Waals surface area contributed by atoms with Gasteiger partial charge in [-0.3, -0.25) is 24.6 Å². The van der Waals surface area contributed by atoms with E-state index in [-0.39, 0.29) is 42.2 Å². The number of aromatic hydroxyl groups is 2. The molecule has 8 nitrogen and oxygen atoms in total. The summed E-state index contributed by atoms with van der Waals surface area (Å²) in [5, 5.41) is 26.0. The fourth-order valence-electron chi connectivity index (χ4n) is 6.05. The highest BCUT2D eigenvalue weighted by atomic mass is 16.3. The predicted molar refractivity (Wildman–Crippen MR) is 131 cm³/mol. The van der Waals surface area contributed by atoms with E-state index in [1.165, 1.54) is 17.0 Å². The largest absolute Gasteiger partial charge is 0.504 e. The van der Waals surface area contributed by atoms with Crippen molar-refractivity contribution in [3.63, 3.8) is 0 Å². The lowest BCUT2D eigenvalue weighted by Crippen LogP contribution is -2.53. The number of anilines is 1. The van der Waals surface area contributed by atoms with E-state index in [4.69, 9.17) is 0 Å². The van der Waals surface area contributed by atoms with E-state index in [9.17, 15) is 24.6 Å². The quantitative estimate of drug-likeness (QED) is 0.327.